The van der Waals surface area contributed by atoms with Crippen molar-refractivity contribution >= 4 is 22.8 Å². The summed E-state index contributed by atoms with van der Waals surface area (Å²) in [6, 6.07) is 9.42. The number of thiophene rings is 1. The first kappa shape index (κ1) is 15.8. The molecule has 0 spiro atoms. The van der Waals surface area contributed by atoms with E-state index in [1.807, 2.05) is 11.4 Å². The summed E-state index contributed by atoms with van der Waals surface area (Å²) in [4.78, 5) is 17.1. The van der Waals surface area contributed by atoms with Crippen LogP contribution in [0, 0.1) is 10.1 Å². The third-order valence-electron chi connectivity index (χ3n) is 4.63. The van der Waals surface area contributed by atoms with Gasteiger partial charge in [-0.05, 0) is 36.4 Å². The van der Waals surface area contributed by atoms with Gasteiger partial charge < -0.3 is 0 Å². The highest BCUT2D eigenvalue weighted by molar-refractivity contribution is 7.13. The van der Waals surface area contributed by atoms with Crippen molar-refractivity contribution in [3.8, 4) is 10.6 Å². The summed E-state index contributed by atoms with van der Waals surface area (Å²) < 4.78 is 0. The largest absolute Gasteiger partial charge is 0.357 e. The standard InChI is InChI=1S/C17H17N5O2S/c23-22(24)15-3-1-7-18-17(15)21-8-5-12(6-9-21)13-11-14(20-19-13)16-4-2-10-25-16/h1-4,7,10-12H,5-6,8-9H2,(H,19,20)/p+1. The summed E-state index contributed by atoms with van der Waals surface area (Å²) in [6.45, 7) is 1.55. The van der Waals surface area contributed by atoms with E-state index in [0.717, 1.165) is 42.2 Å². The Hall–Kier alpha value is -2.74. The van der Waals surface area contributed by atoms with Crippen LogP contribution in [-0.4, -0.2) is 28.2 Å². The number of hydrogen-bond donors (Lipinski definition) is 1. The fourth-order valence-corrected chi connectivity index (χ4v) is 4.02. The SMILES string of the molecule is O=[N+]([O-])c1ccc[nH+]c1N1CCC(c2cc(-c3cccs3)n[nH]2)CC1. The number of hydrogen-bond acceptors (Lipinski definition) is 5. The number of aromatic amines is 2. The van der Waals surface area contributed by atoms with Crippen LogP contribution in [0.25, 0.3) is 10.6 Å². The molecule has 128 valence electrons. The molecule has 4 rings (SSSR count). The Morgan fingerprint density at radius 1 is 1.32 bits per heavy atom. The molecule has 1 aliphatic heterocycles. The molecule has 25 heavy (non-hydrogen) atoms. The predicted molar refractivity (Wildman–Crippen MR) is 95.7 cm³/mol. The van der Waals surface area contributed by atoms with Gasteiger partial charge in [0.2, 0.25) is 0 Å². The van der Waals surface area contributed by atoms with Crippen LogP contribution in [0.3, 0.4) is 0 Å². The van der Waals surface area contributed by atoms with Crippen molar-refractivity contribution in [3.05, 3.63) is 57.7 Å². The lowest BCUT2D eigenvalue weighted by atomic mass is 9.93. The van der Waals surface area contributed by atoms with Crippen molar-refractivity contribution in [1.82, 2.24) is 10.2 Å². The molecular weight excluding hydrogens is 338 g/mol. The molecule has 0 saturated carbocycles. The van der Waals surface area contributed by atoms with E-state index in [-0.39, 0.29) is 10.6 Å². The normalized spacial score (nSPS) is 15.4. The minimum Gasteiger partial charge on any atom is -0.282 e. The van der Waals surface area contributed by atoms with Gasteiger partial charge in [-0.25, -0.2) is 4.98 Å². The zero-order chi connectivity index (χ0) is 17.2. The van der Waals surface area contributed by atoms with Gasteiger partial charge in [0, 0.05) is 17.7 Å². The van der Waals surface area contributed by atoms with Crippen molar-refractivity contribution in [2.24, 2.45) is 0 Å². The molecular formula is C17H18N5O2S+. The molecule has 0 bridgehead atoms. The monoisotopic (exact) mass is 356 g/mol. The third kappa shape index (κ3) is 3.12. The minimum absolute atomic E-state index is 0.127. The minimum atomic E-state index is -0.333. The average molecular weight is 356 g/mol. The quantitative estimate of drug-likeness (QED) is 0.574. The van der Waals surface area contributed by atoms with Gasteiger partial charge >= 0.3 is 11.5 Å². The molecule has 0 aromatic carbocycles. The van der Waals surface area contributed by atoms with Crippen LogP contribution >= 0.6 is 11.3 Å². The van der Waals surface area contributed by atoms with Gasteiger partial charge in [-0.15, -0.1) is 11.3 Å². The van der Waals surface area contributed by atoms with E-state index in [1.54, 1.807) is 29.7 Å². The first-order valence-electron chi connectivity index (χ1n) is 8.21. The first-order valence-corrected chi connectivity index (χ1v) is 9.09. The molecule has 2 N–H and O–H groups in total. The molecule has 8 heteroatoms. The topological polar surface area (TPSA) is 89.2 Å². The summed E-state index contributed by atoms with van der Waals surface area (Å²) in [7, 11) is 0. The molecule has 3 aromatic heterocycles. The maximum atomic E-state index is 11.2. The summed E-state index contributed by atoms with van der Waals surface area (Å²) in [5, 5.41) is 20.9. The van der Waals surface area contributed by atoms with Crippen molar-refractivity contribution in [2.75, 3.05) is 18.0 Å². The lowest BCUT2D eigenvalue weighted by Gasteiger charge is -2.26. The number of H-pyrrole nitrogens is 2. The molecule has 3 aromatic rings. The number of aromatic nitrogens is 3. The van der Waals surface area contributed by atoms with E-state index < -0.39 is 0 Å². The van der Waals surface area contributed by atoms with Gasteiger partial charge in [0.25, 0.3) is 0 Å². The van der Waals surface area contributed by atoms with Crippen LogP contribution in [0.15, 0.2) is 41.9 Å². The van der Waals surface area contributed by atoms with Crippen LogP contribution in [0.4, 0.5) is 11.5 Å². The van der Waals surface area contributed by atoms with Crippen molar-refractivity contribution in [1.29, 1.82) is 0 Å². The third-order valence-corrected chi connectivity index (χ3v) is 5.52. The van der Waals surface area contributed by atoms with Crippen LogP contribution in [0.2, 0.25) is 0 Å². The van der Waals surface area contributed by atoms with Gasteiger partial charge in [-0.2, -0.15) is 5.10 Å². The second-order valence-corrected chi connectivity index (χ2v) is 7.06. The summed E-state index contributed by atoms with van der Waals surface area (Å²) in [5.41, 5.74) is 2.26. The Morgan fingerprint density at radius 3 is 2.88 bits per heavy atom. The Bertz CT molecular complexity index is 869. The number of anilines is 1. The van der Waals surface area contributed by atoms with Crippen LogP contribution in [-0.2, 0) is 0 Å². The summed E-state index contributed by atoms with van der Waals surface area (Å²) in [5.74, 6) is 0.995. The number of rotatable bonds is 4. The predicted octanol–water partition coefficient (Wildman–Crippen LogP) is 3.24. The Kier molecular flexibility index (Phi) is 4.19. The number of nitro groups is 1. The average Bonchev–Trinajstić information content (AvgIpc) is 3.33. The van der Waals surface area contributed by atoms with E-state index in [2.05, 4.69) is 32.2 Å². The fraction of sp³-hybridized carbons (Fsp3) is 0.294. The molecule has 1 aliphatic rings. The number of pyridine rings is 1. The first-order chi connectivity index (χ1) is 12.2. The zero-order valence-electron chi connectivity index (χ0n) is 13.5. The van der Waals surface area contributed by atoms with Gasteiger partial charge in [0.15, 0.2) is 0 Å². The van der Waals surface area contributed by atoms with Crippen molar-refractivity contribution in [3.63, 3.8) is 0 Å². The van der Waals surface area contributed by atoms with E-state index in [9.17, 15) is 10.1 Å². The second-order valence-electron chi connectivity index (χ2n) is 6.11. The fourth-order valence-electron chi connectivity index (χ4n) is 3.33. The summed E-state index contributed by atoms with van der Waals surface area (Å²) in [6.07, 6.45) is 3.61. The molecule has 0 atom stereocenters. The lowest BCUT2D eigenvalue weighted by molar-refractivity contribution is -0.411. The molecule has 7 nitrogen and oxygen atoms in total. The maximum absolute atomic E-state index is 11.2. The van der Waals surface area contributed by atoms with Crippen LogP contribution < -0.4 is 9.88 Å². The number of nitrogens with one attached hydrogen (secondary N) is 2. The molecule has 1 fully saturated rings. The summed E-state index contributed by atoms with van der Waals surface area (Å²) >= 11 is 1.68. The van der Waals surface area contributed by atoms with Crippen LogP contribution in [0.1, 0.15) is 24.5 Å². The highest BCUT2D eigenvalue weighted by atomic mass is 32.1. The van der Waals surface area contributed by atoms with Crippen molar-refractivity contribution < 1.29 is 9.91 Å². The second kappa shape index (κ2) is 6.64. The van der Waals surface area contributed by atoms with Gasteiger partial charge in [0.05, 0.1) is 29.1 Å². The van der Waals surface area contributed by atoms with E-state index >= 15 is 0 Å². The van der Waals surface area contributed by atoms with Crippen molar-refractivity contribution in [2.45, 2.75) is 18.8 Å². The highest BCUT2D eigenvalue weighted by Gasteiger charge is 2.32. The molecule has 0 amide bonds. The molecule has 0 aliphatic carbocycles. The highest BCUT2D eigenvalue weighted by Crippen LogP contribution is 2.33. The molecule has 1 saturated heterocycles. The zero-order valence-corrected chi connectivity index (χ0v) is 14.3. The van der Waals surface area contributed by atoms with E-state index in [4.69, 9.17) is 0 Å². The smallest absolute Gasteiger partial charge is 0.282 e. The van der Waals surface area contributed by atoms with E-state index in [0.29, 0.717) is 11.7 Å². The van der Waals surface area contributed by atoms with Crippen LogP contribution in [0.5, 0.6) is 0 Å². The molecule has 0 radical (unpaired) electrons. The van der Waals surface area contributed by atoms with Gasteiger partial charge in [-0.3, -0.25) is 20.1 Å². The Morgan fingerprint density at radius 2 is 2.16 bits per heavy atom. The van der Waals surface area contributed by atoms with E-state index in [1.165, 1.54) is 0 Å². The van der Waals surface area contributed by atoms with Gasteiger partial charge in [0.1, 0.15) is 5.69 Å². The lowest BCUT2D eigenvalue weighted by Crippen LogP contribution is -2.37. The molecule has 0 unspecified atom stereocenters. The number of piperidine rings is 1. The van der Waals surface area contributed by atoms with Gasteiger partial charge in [-0.1, -0.05) is 6.07 Å². The maximum Gasteiger partial charge on any atom is 0.357 e. The molecule has 4 heterocycles. The number of nitrogens with zero attached hydrogens (tertiary/aromatic N) is 3. The Labute approximate surface area is 148 Å². The Balaban J connectivity index is 1.46.